The van der Waals surface area contributed by atoms with Crippen molar-refractivity contribution < 1.29 is 28.6 Å². The van der Waals surface area contributed by atoms with Gasteiger partial charge in [-0.15, -0.1) is 0 Å². The molecule has 0 radical (unpaired) electrons. The summed E-state index contributed by atoms with van der Waals surface area (Å²) in [6.07, 6.45) is 92.7. The van der Waals surface area contributed by atoms with Crippen LogP contribution in [0.2, 0.25) is 0 Å². The Morgan fingerprint density at radius 2 is 0.500 bits per heavy atom. The lowest BCUT2D eigenvalue weighted by Gasteiger charge is -2.18. The lowest BCUT2D eigenvalue weighted by Crippen LogP contribution is -2.30. The van der Waals surface area contributed by atoms with Gasteiger partial charge in [0.2, 0.25) is 0 Å². The van der Waals surface area contributed by atoms with E-state index in [9.17, 15) is 14.4 Å². The fourth-order valence-corrected chi connectivity index (χ4v) is 8.35. The number of hydrogen-bond donors (Lipinski definition) is 0. The van der Waals surface area contributed by atoms with Gasteiger partial charge < -0.3 is 14.2 Å². The van der Waals surface area contributed by atoms with Crippen molar-refractivity contribution >= 4 is 17.9 Å². The van der Waals surface area contributed by atoms with Crippen molar-refractivity contribution in [2.45, 2.75) is 277 Å². The minimum Gasteiger partial charge on any atom is -0.462 e. The Kier molecular flexibility index (Phi) is 60.9. The van der Waals surface area contributed by atoms with Gasteiger partial charge in [0.05, 0.1) is 0 Å². The molecule has 0 fully saturated rings. The third-order valence-corrected chi connectivity index (χ3v) is 13.1. The zero-order chi connectivity index (χ0) is 56.4. The SMILES string of the molecule is CC/C=C\C/C=C\C/C=C\C/C=C\C/C=C\C/C=C\C/C=C\CCCCCCCCCC(=O)OCC(COC(=O)CCCCCCC/C=C\CCCCCCC)OC(=O)CCCCCC/C=C\C/C=C\C/C=C\C/C=C\CC. The number of carbonyl (C=O) groups is 3. The third-order valence-electron chi connectivity index (χ3n) is 13.1. The summed E-state index contributed by atoms with van der Waals surface area (Å²) in [4.78, 5) is 38.3. The fraction of sp³-hybridized carbons (Fsp3) is 0.625. The van der Waals surface area contributed by atoms with Crippen molar-refractivity contribution in [1.29, 1.82) is 0 Å². The molecule has 0 amide bonds. The standard InChI is InChI=1S/C72H116O6/c1-4-7-10-13-16-19-22-25-28-30-31-32-33-34-35-36-37-38-39-40-41-43-44-47-50-53-56-59-62-65-71(74)77-68-69(67-76-70(73)64-61-58-55-52-49-46-27-24-21-18-15-12-9-6-3)78-72(75)66-63-60-57-54-51-48-45-42-29-26-23-20-17-14-11-8-5-2/h7-8,10-11,16-17,19-20,24-29,31-32,34-35,37-38,40-41,45,48,69H,4-6,9,12-15,18,21-23,30,33,36,39,42-44,46-47,49-68H2,1-3H3/b10-7-,11-8-,19-16-,20-17-,27-24-,28-25-,29-26-,32-31-,35-34-,38-37-,41-40-,48-45-. The summed E-state index contributed by atoms with van der Waals surface area (Å²) in [5, 5.41) is 0. The highest BCUT2D eigenvalue weighted by molar-refractivity contribution is 5.71. The van der Waals surface area contributed by atoms with Gasteiger partial charge in [0.25, 0.3) is 0 Å². The molecule has 440 valence electrons. The number of carbonyl (C=O) groups excluding carboxylic acids is 3. The summed E-state index contributed by atoms with van der Waals surface area (Å²) in [5.41, 5.74) is 0. The van der Waals surface area contributed by atoms with E-state index < -0.39 is 6.10 Å². The van der Waals surface area contributed by atoms with Crippen molar-refractivity contribution in [1.82, 2.24) is 0 Å². The molecule has 0 saturated carbocycles. The maximum Gasteiger partial charge on any atom is 0.306 e. The highest BCUT2D eigenvalue weighted by Crippen LogP contribution is 2.14. The zero-order valence-electron chi connectivity index (χ0n) is 50.4. The van der Waals surface area contributed by atoms with Crippen LogP contribution in [0.25, 0.3) is 0 Å². The van der Waals surface area contributed by atoms with Crippen molar-refractivity contribution in [3.05, 3.63) is 146 Å². The van der Waals surface area contributed by atoms with Gasteiger partial charge in [0.15, 0.2) is 6.10 Å². The molecule has 0 rings (SSSR count). The third kappa shape index (κ3) is 62.1. The van der Waals surface area contributed by atoms with Gasteiger partial charge in [-0.3, -0.25) is 14.4 Å². The molecule has 1 atom stereocenters. The van der Waals surface area contributed by atoms with Crippen LogP contribution >= 0.6 is 0 Å². The van der Waals surface area contributed by atoms with Gasteiger partial charge in [-0.25, -0.2) is 0 Å². The minimum atomic E-state index is -0.806. The maximum absolute atomic E-state index is 12.9. The smallest absolute Gasteiger partial charge is 0.306 e. The minimum absolute atomic E-state index is 0.100. The molecular weight excluding hydrogens is 961 g/mol. The monoisotopic (exact) mass is 1080 g/mol. The Morgan fingerprint density at radius 1 is 0.269 bits per heavy atom. The second-order valence-electron chi connectivity index (χ2n) is 20.5. The van der Waals surface area contributed by atoms with E-state index in [4.69, 9.17) is 14.2 Å². The van der Waals surface area contributed by atoms with Crippen LogP contribution in [-0.2, 0) is 28.6 Å². The maximum atomic E-state index is 12.9. The van der Waals surface area contributed by atoms with Crippen LogP contribution < -0.4 is 0 Å². The normalized spacial score (nSPS) is 13.1. The van der Waals surface area contributed by atoms with Gasteiger partial charge in [0, 0.05) is 19.3 Å². The van der Waals surface area contributed by atoms with Crippen molar-refractivity contribution in [2.75, 3.05) is 13.2 Å². The second-order valence-corrected chi connectivity index (χ2v) is 20.5. The van der Waals surface area contributed by atoms with Crippen LogP contribution in [0.5, 0.6) is 0 Å². The van der Waals surface area contributed by atoms with E-state index in [2.05, 4.69) is 167 Å². The summed E-state index contributed by atoms with van der Waals surface area (Å²) >= 11 is 0. The molecule has 0 aromatic heterocycles. The summed E-state index contributed by atoms with van der Waals surface area (Å²) in [6, 6.07) is 0. The molecule has 0 heterocycles. The molecule has 78 heavy (non-hydrogen) atoms. The van der Waals surface area contributed by atoms with E-state index in [0.717, 1.165) is 161 Å². The lowest BCUT2D eigenvalue weighted by atomic mass is 10.1. The van der Waals surface area contributed by atoms with Gasteiger partial charge in [-0.2, -0.15) is 0 Å². The second kappa shape index (κ2) is 64.8. The Morgan fingerprint density at radius 3 is 0.795 bits per heavy atom. The molecule has 0 aromatic carbocycles. The van der Waals surface area contributed by atoms with Crippen molar-refractivity contribution in [3.63, 3.8) is 0 Å². The highest BCUT2D eigenvalue weighted by Gasteiger charge is 2.19. The van der Waals surface area contributed by atoms with Crippen molar-refractivity contribution in [2.24, 2.45) is 0 Å². The molecule has 0 spiro atoms. The van der Waals surface area contributed by atoms with Gasteiger partial charge >= 0.3 is 17.9 Å². The highest BCUT2D eigenvalue weighted by atomic mass is 16.6. The first-order valence-corrected chi connectivity index (χ1v) is 31.8. The van der Waals surface area contributed by atoms with E-state index in [0.29, 0.717) is 19.3 Å². The largest absolute Gasteiger partial charge is 0.462 e. The number of hydrogen-bond acceptors (Lipinski definition) is 6. The Bertz CT molecular complexity index is 1710. The van der Waals surface area contributed by atoms with E-state index in [1.165, 1.54) is 70.6 Å². The molecule has 0 aliphatic rings. The summed E-state index contributed by atoms with van der Waals surface area (Å²) in [7, 11) is 0. The molecule has 0 aliphatic carbocycles. The fourth-order valence-electron chi connectivity index (χ4n) is 8.35. The molecule has 6 nitrogen and oxygen atoms in total. The van der Waals surface area contributed by atoms with Crippen LogP contribution in [0.3, 0.4) is 0 Å². The van der Waals surface area contributed by atoms with Crippen LogP contribution in [0.15, 0.2) is 146 Å². The van der Waals surface area contributed by atoms with Gasteiger partial charge in [-0.05, 0) is 141 Å². The predicted molar refractivity (Wildman–Crippen MR) is 339 cm³/mol. The average Bonchev–Trinajstić information content (AvgIpc) is 3.44. The van der Waals surface area contributed by atoms with Crippen molar-refractivity contribution in [3.8, 4) is 0 Å². The van der Waals surface area contributed by atoms with Gasteiger partial charge in [0.1, 0.15) is 13.2 Å². The van der Waals surface area contributed by atoms with Crippen LogP contribution in [-0.4, -0.2) is 37.2 Å². The molecule has 6 heteroatoms. The molecule has 0 N–H and O–H groups in total. The predicted octanol–water partition coefficient (Wildman–Crippen LogP) is 21.9. The van der Waals surface area contributed by atoms with E-state index in [1.807, 2.05) is 0 Å². The quantitative estimate of drug-likeness (QED) is 0.0261. The zero-order valence-corrected chi connectivity index (χ0v) is 50.4. The Balaban J connectivity index is 4.40. The molecule has 0 saturated heterocycles. The van der Waals surface area contributed by atoms with Crippen LogP contribution in [0.4, 0.5) is 0 Å². The first-order chi connectivity index (χ1) is 38.5. The summed E-state index contributed by atoms with van der Waals surface area (Å²) < 4.78 is 16.9. The number of esters is 3. The number of rotatable bonds is 56. The average molecular weight is 1080 g/mol. The van der Waals surface area contributed by atoms with Crippen LogP contribution in [0, 0.1) is 0 Å². The van der Waals surface area contributed by atoms with E-state index >= 15 is 0 Å². The number of allylic oxidation sites excluding steroid dienone is 24. The summed E-state index contributed by atoms with van der Waals surface area (Å²) in [5.74, 6) is -0.944. The molecular formula is C72H116O6. The molecule has 0 aliphatic heterocycles. The first kappa shape index (κ1) is 73.3. The van der Waals surface area contributed by atoms with Gasteiger partial charge in [-0.1, -0.05) is 256 Å². The molecule has 0 aromatic rings. The van der Waals surface area contributed by atoms with E-state index in [1.54, 1.807) is 0 Å². The number of ether oxygens (including phenoxy) is 3. The Hall–Kier alpha value is -4.71. The number of unbranched alkanes of at least 4 members (excludes halogenated alkanes) is 21. The topological polar surface area (TPSA) is 78.9 Å². The lowest BCUT2D eigenvalue weighted by molar-refractivity contribution is -0.167. The molecule has 0 bridgehead atoms. The summed E-state index contributed by atoms with van der Waals surface area (Å²) in [6.45, 7) is 6.37. The molecule has 1 unspecified atom stereocenters. The first-order valence-electron chi connectivity index (χ1n) is 31.8. The van der Waals surface area contributed by atoms with E-state index in [-0.39, 0.29) is 31.1 Å². The van der Waals surface area contributed by atoms with Crippen LogP contribution in [0.1, 0.15) is 271 Å². The Labute approximate surface area is 480 Å².